The van der Waals surface area contributed by atoms with Crippen molar-refractivity contribution in [1.82, 2.24) is 10.2 Å². The van der Waals surface area contributed by atoms with Crippen LogP contribution in [0, 0.1) is 6.92 Å². The minimum absolute atomic E-state index is 0.253. The van der Waals surface area contributed by atoms with Gasteiger partial charge in [-0.25, -0.2) is 0 Å². The lowest BCUT2D eigenvalue weighted by Crippen LogP contribution is -2.15. The van der Waals surface area contributed by atoms with Gasteiger partial charge in [-0.2, -0.15) is 0 Å². The quantitative estimate of drug-likeness (QED) is 0.799. The largest absolute Gasteiger partial charge is 0.369 e. The second-order valence-corrected chi connectivity index (χ2v) is 4.85. The van der Waals surface area contributed by atoms with Crippen LogP contribution in [-0.2, 0) is 0 Å². The zero-order chi connectivity index (χ0) is 15.1. The number of aromatic nitrogens is 2. The van der Waals surface area contributed by atoms with Crippen molar-refractivity contribution >= 4 is 17.4 Å². The van der Waals surface area contributed by atoms with Crippen LogP contribution in [-0.4, -0.2) is 22.6 Å². The Labute approximate surface area is 124 Å². The molecule has 0 radical (unpaired) electrons. The number of benzene rings is 1. The van der Waals surface area contributed by atoms with Crippen LogP contribution < -0.4 is 10.6 Å². The highest BCUT2D eigenvalue weighted by Gasteiger charge is 2.09. The van der Waals surface area contributed by atoms with Gasteiger partial charge in [-0.15, -0.1) is 10.2 Å². The first-order valence-corrected chi connectivity index (χ1v) is 7.15. The minimum Gasteiger partial charge on any atom is -0.369 e. The summed E-state index contributed by atoms with van der Waals surface area (Å²) in [4.78, 5) is 12.1. The zero-order valence-electron chi connectivity index (χ0n) is 12.4. The Kier molecular flexibility index (Phi) is 5.26. The van der Waals surface area contributed by atoms with E-state index < -0.39 is 0 Å². The second kappa shape index (κ2) is 7.38. The SMILES string of the molecule is CCCCNc1ccc(C(=O)Nc2ccccc2C)nn1. The van der Waals surface area contributed by atoms with E-state index in [2.05, 4.69) is 27.8 Å². The lowest BCUT2D eigenvalue weighted by atomic mass is 10.2. The summed E-state index contributed by atoms with van der Waals surface area (Å²) in [6.45, 7) is 4.94. The van der Waals surface area contributed by atoms with Gasteiger partial charge in [0.1, 0.15) is 5.82 Å². The first-order valence-electron chi connectivity index (χ1n) is 7.15. The Balaban J connectivity index is 1.98. The topological polar surface area (TPSA) is 66.9 Å². The molecule has 0 bridgehead atoms. The molecule has 2 rings (SSSR count). The molecule has 0 saturated heterocycles. The number of aryl methyl sites for hydroxylation is 1. The van der Waals surface area contributed by atoms with Crippen molar-refractivity contribution in [3.05, 3.63) is 47.7 Å². The highest BCUT2D eigenvalue weighted by Crippen LogP contribution is 2.14. The number of rotatable bonds is 6. The molecule has 0 atom stereocenters. The predicted octanol–water partition coefficient (Wildman–Crippen LogP) is 3.25. The number of anilines is 2. The number of amides is 1. The molecule has 1 aromatic heterocycles. The van der Waals surface area contributed by atoms with Gasteiger partial charge < -0.3 is 10.6 Å². The molecule has 2 N–H and O–H groups in total. The number of para-hydroxylation sites is 1. The summed E-state index contributed by atoms with van der Waals surface area (Å²) in [6, 6.07) is 11.1. The van der Waals surface area contributed by atoms with Crippen molar-refractivity contribution in [3.63, 3.8) is 0 Å². The van der Waals surface area contributed by atoms with Gasteiger partial charge in [-0.3, -0.25) is 4.79 Å². The standard InChI is InChI=1S/C16H20N4O/c1-3-4-11-17-15-10-9-14(19-20-15)16(21)18-13-8-6-5-7-12(13)2/h5-10H,3-4,11H2,1-2H3,(H,17,20)(H,18,21). The maximum absolute atomic E-state index is 12.1. The summed E-state index contributed by atoms with van der Waals surface area (Å²) in [5.41, 5.74) is 2.10. The number of nitrogens with one attached hydrogen (secondary N) is 2. The number of carbonyl (C=O) groups is 1. The number of hydrogen-bond donors (Lipinski definition) is 2. The third-order valence-corrected chi connectivity index (χ3v) is 3.13. The Bertz CT molecular complexity index is 595. The van der Waals surface area contributed by atoms with Gasteiger partial charge in [0.25, 0.3) is 5.91 Å². The normalized spacial score (nSPS) is 10.2. The van der Waals surface area contributed by atoms with Gasteiger partial charge in [0.05, 0.1) is 0 Å². The first-order chi connectivity index (χ1) is 10.2. The van der Waals surface area contributed by atoms with Crippen LogP contribution in [0.5, 0.6) is 0 Å². The number of unbranched alkanes of at least 4 members (excludes halogenated alkanes) is 1. The fraction of sp³-hybridized carbons (Fsp3) is 0.312. The van der Waals surface area contributed by atoms with E-state index in [1.54, 1.807) is 12.1 Å². The van der Waals surface area contributed by atoms with E-state index >= 15 is 0 Å². The molecule has 1 amide bonds. The molecule has 2 aromatic rings. The van der Waals surface area contributed by atoms with Crippen LogP contribution in [0.2, 0.25) is 0 Å². The van der Waals surface area contributed by atoms with Gasteiger partial charge >= 0.3 is 0 Å². The number of carbonyl (C=O) groups excluding carboxylic acids is 1. The molecular formula is C16H20N4O. The summed E-state index contributed by atoms with van der Waals surface area (Å²) in [7, 11) is 0. The van der Waals surface area contributed by atoms with Crippen molar-refractivity contribution in [2.75, 3.05) is 17.2 Å². The Morgan fingerprint density at radius 2 is 1.95 bits per heavy atom. The van der Waals surface area contributed by atoms with E-state index in [4.69, 9.17) is 0 Å². The molecule has 0 unspecified atom stereocenters. The zero-order valence-corrected chi connectivity index (χ0v) is 12.4. The van der Waals surface area contributed by atoms with Crippen LogP contribution in [0.3, 0.4) is 0 Å². The third kappa shape index (κ3) is 4.27. The van der Waals surface area contributed by atoms with E-state index in [0.29, 0.717) is 11.5 Å². The summed E-state index contributed by atoms with van der Waals surface area (Å²) in [5.74, 6) is 0.438. The molecule has 1 heterocycles. The van der Waals surface area contributed by atoms with E-state index in [9.17, 15) is 4.79 Å². The van der Waals surface area contributed by atoms with Crippen molar-refractivity contribution in [3.8, 4) is 0 Å². The monoisotopic (exact) mass is 284 g/mol. The predicted molar refractivity (Wildman–Crippen MR) is 84.6 cm³/mol. The van der Waals surface area contributed by atoms with Gasteiger partial charge in [-0.05, 0) is 37.1 Å². The summed E-state index contributed by atoms with van der Waals surface area (Å²) in [6.07, 6.45) is 2.20. The van der Waals surface area contributed by atoms with Crippen LogP contribution >= 0.6 is 0 Å². The van der Waals surface area contributed by atoms with E-state index in [1.807, 2.05) is 31.2 Å². The molecular weight excluding hydrogens is 264 g/mol. The highest BCUT2D eigenvalue weighted by molar-refractivity contribution is 6.03. The van der Waals surface area contributed by atoms with Crippen molar-refractivity contribution < 1.29 is 4.79 Å². The molecule has 21 heavy (non-hydrogen) atoms. The Morgan fingerprint density at radius 1 is 1.14 bits per heavy atom. The maximum Gasteiger partial charge on any atom is 0.276 e. The molecule has 0 spiro atoms. The summed E-state index contributed by atoms with van der Waals surface area (Å²) < 4.78 is 0. The first kappa shape index (κ1) is 15.0. The van der Waals surface area contributed by atoms with Crippen LogP contribution in [0.1, 0.15) is 35.8 Å². The summed E-state index contributed by atoms with van der Waals surface area (Å²) in [5, 5.41) is 14.0. The van der Waals surface area contributed by atoms with Crippen LogP contribution in [0.25, 0.3) is 0 Å². The summed E-state index contributed by atoms with van der Waals surface area (Å²) >= 11 is 0. The number of nitrogens with zero attached hydrogens (tertiary/aromatic N) is 2. The lowest BCUT2D eigenvalue weighted by Gasteiger charge is -2.08. The average molecular weight is 284 g/mol. The molecule has 0 aliphatic heterocycles. The highest BCUT2D eigenvalue weighted by atomic mass is 16.1. The molecule has 0 fully saturated rings. The van der Waals surface area contributed by atoms with Crippen LogP contribution in [0.15, 0.2) is 36.4 Å². The van der Waals surface area contributed by atoms with Gasteiger partial charge in [0.15, 0.2) is 5.69 Å². The molecule has 110 valence electrons. The Hall–Kier alpha value is -2.43. The van der Waals surface area contributed by atoms with Crippen molar-refractivity contribution in [2.24, 2.45) is 0 Å². The number of hydrogen-bond acceptors (Lipinski definition) is 4. The molecule has 5 nitrogen and oxygen atoms in total. The Morgan fingerprint density at radius 3 is 2.62 bits per heavy atom. The lowest BCUT2D eigenvalue weighted by molar-refractivity contribution is 0.102. The molecule has 5 heteroatoms. The van der Waals surface area contributed by atoms with E-state index in [-0.39, 0.29) is 5.91 Å². The van der Waals surface area contributed by atoms with Gasteiger partial charge in [0.2, 0.25) is 0 Å². The van der Waals surface area contributed by atoms with E-state index in [0.717, 1.165) is 30.6 Å². The molecule has 0 saturated carbocycles. The minimum atomic E-state index is -0.253. The van der Waals surface area contributed by atoms with Crippen molar-refractivity contribution in [1.29, 1.82) is 0 Å². The maximum atomic E-state index is 12.1. The fourth-order valence-corrected chi connectivity index (χ4v) is 1.84. The average Bonchev–Trinajstić information content (AvgIpc) is 2.50. The molecule has 0 aliphatic carbocycles. The van der Waals surface area contributed by atoms with Crippen molar-refractivity contribution in [2.45, 2.75) is 26.7 Å². The molecule has 1 aromatic carbocycles. The van der Waals surface area contributed by atoms with Crippen LogP contribution in [0.4, 0.5) is 11.5 Å². The second-order valence-electron chi connectivity index (χ2n) is 4.85. The fourth-order valence-electron chi connectivity index (χ4n) is 1.84. The van der Waals surface area contributed by atoms with Gasteiger partial charge in [0, 0.05) is 12.2 Å². The smallest absolute Gasteiger partial charge is 0.276 e. The van der Waals surface area contributed by atoms with E-state index in [1.165, 1.54) is 0 Å². The molecule has 0 aliphatic rings. The third-order valence-electron chi connectivity index (χ3n) is 3.13. The van der Waals surface area contributed by atoms with Gasteiger partial charge in [-0.1, -0.05) is 31.5 Å².